The lowest BCUT2D eigenvalue weighted by Crippen LogP contribution is -2.10. The number of hydrogen-bond donors (Lipinski definition) is 0. The molecule has 56 heavy (non-hydrogen) atoms. The molecule has 0 saturated carbocycles. The first kappa shape index (κ1) is 32.0. The van der Waals surface area contributed by atoms with E-state index in [0.29, 0.717) is 0 Å². The zero-order valence-electron chi connectivity index (χ0n) is 30.6. The van der Waals surface area contributed by atoms with Gasteiger partial charge in [-0.15, -0.1) is 0 Å². The first-order valence-electron chi connectivity index (χ1n) is 19.2. The second kappa shape index (κ2) is 13.2. The third-order valence-electron chi connectivity index (χ3n) is 11.2. The Hall–Kier alpha value is -7.42. The van der Waals surface area contributed by atoms with Gasteiger partial charge in [0.1, 0.15) is 11.2 Å². The lowest BCUT2D eigenvalue weighted by atomic mass is 9.91. The van der Waals surface area contributed by atoms with Crippen LogP contribution in [0.25, 0.3) is 87.6 Å². The molecule has 0 amide bonds. The number of nitrogens with zero attached hydrogens (tertiary/aromatic N) is 1. The average Bonchev–Trinajstić information content (AvgIpc) is 3.66. The summed E-state index contributed by atoms with van der Waals surface area (Å²) in [5, 5.41) is 9.54. The van der Waals surface area contributed by atoms with Gasteiger partial charge in [-0.2, -0.15) is 0 Å². The quantitative estimate of drug-likeness (QED) is 0.171. The minimum atomic E-state index is 0.865. The van der Waals surface area contributed by atoms with Gasteiger partial charge in [0, 0.05) is 16.8 Å². The van der Waals surface area contributed by atoms with E-state index in [1.807, 2.05) is 6.07 Å². The summed E-state index contributed by atoms with van der Waals surface area (Å²) in [7, 11) is 0. The van der Waals surface area contributed by atoms with E-state index in [4.69, 9.17) is 4.42 Å². The van der Waals surface area contributed by atoms with E-state index in [9.17, 15) is 0 Å². The van der Waals surface area contributed by atoms with Crippen molar-refractivity contribution in [2.45, 2.75) is 0 Å². The van der Waals surface area contributed by atoms with Gasteiger partial charge in [-0.05, 0) is 108 Å². The van der Waals surface area contributed by atoms with Gasteiger partial charge in [0.25, 0.3) is 0 Å². The fraction of sp³-hybridized carbons (Fsp3) is 0. The van der Waals surface area contributed by atoms with Crippen LogP contribution < -0.4 is 4.90 Å². The van der Waals surface area contributed by atoms with Gasteiger partial charge in [0.2, 0.25) is 0 Å². The van der Waals surface area contributed by atoms with Crippen molar-refractivity contribution in [2.75, 3.05) is 4.90 Å². The first-order chi connectivity index (χ1) is 27.8. The Morgan fingerprint density at radius 1 is 0.304 bits per heavy atom. The topological polar surface area (TPSA) is 16.4 Å². The molecule has 0 aliphatic rings. The van der Waals surface area contributed by atoms with Crippen LogP contribution in [0.4, 0.5) is 17.1 Å². The minimum Gasteiger partial charge on any atom is -0.456 e. The summed E-state index contributed by atoms with van der Waals surface area (Å²) >= 11 is 0. The highest BCUT2D eigenvalue weighted by molar-refractivity contribution is 6.15. The van der Waals surface area contributed by atoms with Gasteiger partial charge in [-0.25, -0.2) is 0 Å². The Morgan fingerprint density at radius 3 is 1.62 bits per heavy atom. The number of rotatable bonds is 6. The number of furan rings is 1. The zero-order chi connectivity index (χ0) is 37.0. The lowest BCUT2D eigenvalue weighted by Gasteiger charge is -2.28. The number of anilines is 3. The van der Waals surface area contributed by atoms with Crippen molar-refractivity contribution in [3.05, 3.63) is 212 Å². The maximum absolute atomic E-state index is 6.47. The van der Waals surface area contributed by atoms with Gasteiger partial charge in [-0.1, -0.05) is 170 Å². The highest BCUT2D eigenvalue weighted by Crippen LogP contribution is 2.46. The van der Waals surface area contributed by atoms with Gasteiger partial charge < -0.3 is 9.32 Å². The fourth-order valence-electron chi connectivity index (χ4n) is 8.71. The molecule has 11 rings (SSSR count). The van der Waals surface area contributed by atoms with E-state index in [-0.39, 0.29) is 0 Å². The molecule has 0 saturated heterocycles. The predicted molar refractivity (Wildman–Crippen MR) is 237 cm³/mol. The molecule has 0 spiro atoms. The molecule has 0 fully saturated rings. The maximum Gasteiger partial charge on any atom is 0.137 e. The molecule has 0 bridgehead atoms. The van der Waals surface area contributed by atoms with E-state index < -0.39 is 0 Å². The molecule has 0 radical (unpaired) electrons. The standard InChI is InChI=1S/C54H35NO/c1-2-14-37(15-3-1)45-24-11-19-39-20-12-25-46(53(39)45)38-30-32-41(33-31-38)55(50-27-13-29-52-54(50)48-23-8-9-28-51(48)56-52)42-34-40-17-5-7-22-44(40)49(35-42)47-26-10-18-36-16-4-6-21-43(36)47/h1-35H. The van der Waals surface area contributed by atoms with Crippen LogP contribution in [0.5, 0.6) is 0 Å². The van der Waals surface area contributed by atoms with Gasteiger partial charge in [0.05, 0.1) is 11.1 Å². The molecule has 2 nitrogen and oxygen atoms in total. The lowest BCUT2D eigenvalue weighted by molar-refractivity contribution is 0.669. The molecule has 2 heteroatoms. The van der Waals surface area contributed by atoms with Crippen LogP contribution in [-0.2, 0) is 0 Å². The molecular formula is C54H35NO. The van der Waals surface area contributed by atoms with Gasteiger partial charge in [-0.3, -0.25) is 0 Å². The van der Waals surface area contributed by atoms with Crippen LogP contribution in [0, 0.1) is 0 Å². The second-order valence-corrected chi connectivity index (χ2v) is 14.4. The van der Waals surface area contributed by atoms with Crippen LogP contribution >= 0.6 is 0 Å². The first-order valence-corrected chi connectivity index (χ1v) is 19.2. The summed E-state index contributed by atoms with van der Waals surface area (Å²) in [5.74, 6) is 0. The molecule has 0 aliphatic heterocycles. The molecule has 262 valence electrons. The molecule has 10 aromatic carbocycles. The molecule has 1 heterocycles. The zero-order valence-corrected chi connectivity index (χ0v) is 30.6. The summed E-state index contributed by atoms with van der Waals surface area (Å²) in [4.78, 5) is 2.41. The maximum atomic E-state index is 6.47. The number of benzene rings is 10. The van der Waals surface area contributed by atoms with Crippen molar-refractivity contribution in [1.29, 1.82) is 0 Å². The second-order valence-electron chi connectivity index (χ2n) is 14.4. The van der Waals surface area contributed by atoms with Crippen LogP contribution in [0.3, 0.4) is 0 Å². The van der Waals surface area contributed by atoms with Crippen molar-refractivity contribution in [3.8, 4) is 33.4 Å². The Bertz CT molecular complexity index is 3240. The highest BCUT2D eigenvalue weighted by atomic mass is 16.3. The molecule has 0 N–H and O–H groups in total. The van der Waals surface area contributed by atoms with Gasteiger partial charge in [0.15, 0.2) is 0 Å². The van der Waals surface area contributed by atoms with Crippen LogP contribution in [0.2, 0.25) is 0 Å². The Kier molecular flexibility index (Phi) is 7.53. The number of fused-ring (bicyclic) bond motifs is 6. The normalized spacial score (nSPS) is 11.6. The van der Waals surface area contributed by atoms with Crippen molar-refractivity contribution < 1.29 is 4.42 Å². The molecular weight excluding hydrogens is 679 g/mol. The highest BCUT2D eigenvalue weighted by Gasteiger charge is 2.22. The summed E-state index contributed by atoms with van der Waals surface area (Å²) in [5.41, 5.74) is 12.2. The minimum absolute atomic E-state index is 0.865. The number of hydrogen-bond acceptors (Lipinski definition) is 2. The van der Waals surface area contributed by atoms with E-state index in [1.165, 1.54) is 65.7 Å². The molecule has 11 aromatic rings. The van der Waals surface area contributed by atoms with Crippen LogP contribution in [-0.4, -0.2) is 0 Å². The molecule has 0 atom stereocenters. The third kappa shape index (κ3) is 5.26. The smallest absolute Gasteiger partial charge is 0.137 e. The van der Waals surface area contributed by atoms with E-state index in [2.05, 4.69) is 211 Å². The monoisotopic (exact) mass is 713 g/mol. The summed E-state index contributed by atoms with van der Waals surface area (Å²) in [6, 6.07) is 76.5. The number of para-hydroxylation sites is 1. The van der Waals surface area contributed by atoms with Crippen molar-refractivity contribution >= 4 is 71.3 Å². The van der Waals surface area contributed by atoms with Gasteiger partial charge >= 0.3 is 0 Å². The van der Waals surface area contributed by atoms with Crippen molar-refractivity contribution in [3.63, 3.8) is 0 Å². The SMILES string of the molecule is c1ccc(-c2cccc3cccc(-c4ccc(N(c5cc(-c6cccc7ccccc67)c6ccccc6c5)c5cccc6oc7ccccc7c56)cc4)c23)cc1. The average molecular weight is 714 g/mol. The molecule has 1 aromatic heterocycles. The van der Waals surface area contributed by atoms with Crippen molar-refractivity contribution in [1.82, 2.24) is 0 Å². The third-order valence-corrected chi connectivity index (χ3v) is 11.2. The summed E-state index contributed by atoms with van der Waals surface area (Å²) in [6.45, 7) is 0. The van der Waals surface area contributed by atoms with Crippen molar-refractivity contribution in [2.24, 2.45) is 0 Å². The summed E-state index contributed by atoms with van der Waals surface area (Å²) < 4.78 is 6.47. The van der Waals surface area contributed by atoms with E-state index in [0.717, 1.165) is 39.0 Å². The van der Waals surface area contributed by atoms with Crippen LogP contribution in [0.15, 0.2) is 217 Å². The fourth-order valence-corrected chi connectivity index (χ4v) is 8.71. The largest absolute Gasteiger partial charge is 0.456 e. The Morgan fingerprint density at radius 2 is 0.857 bits per heavy atom. The summed E-state index contributed by atoms with van der Waals surface area (Å²) in [6.07, 6.45) is 0. The Labute approximate surface area is 325 Å². The predicted octanol–water partition coefficient (Wildman–Crippen LogP) is 15.5. The molecule has 0 aliphatic carbocycles. The van der Waals surface area contributed by atoms with E-state index in [1.54, 1.807) is 0 Å². The van der Waals surface area contributed by atoms with E-state index >= 15 is 0 Å². The van der Waals surface area contributed by atoms with Crippen LogP contribution in [0.1, 0.15) is 0 Å². The Balaban J connectivity index is 1.15. The molecule has 0 unspecified atom stereocenters.